The molecule has 0 fully saturated rings. The molecule has 2 rings (SSSR count). The molecule has 0 bridgehead atoms. The zero-order chi connectivity index (χ0) is 14.5. The summed E-state index contributed by atoms with van der Waals surface area (Å²) in [7, 11) is 0. The first kappa shape index (κ1) is 14.9. The van der Waals surface area contributed by atoms with Crippen LogP contribution in [0.25, 0.3) is 0 Å². The first-order valence-corrected chi connectivity index (χ1v) is 7.01. The van der Waals surface area contributed by atoms with Crippen molar-refractivity contribution >= 4 is 15.9 Å². The molecule has 2 aromatic carbocycles. The van der Waals surface area contributed by atoms with Crippen molar-refractivity contribution < 1.29 is 13.5 Å². The lowest BCUT2D eigenvalue weighted by atomic mass is 10.2. The van der Waals surface area contributed by atoms with Crippen LogP contribution in [-0.2, 0) is 6.54 Å². The van der Waals surface area contributed by atoms with Crippen molar-refractivity contribution in [3.05, 3.63) is 58.1 Å². The summed E-state index contributed by atoms with van der Waals surface area (Å²) in [6, 6.07) is 8.85. The van der Waals surface area contributed by atoms with Gasteiger partial charge in [0.1, 0.15) is 23.1 Å². The van der Waals surface area contributed by atoms with Crippen LogP contribution in [0.1, 0.15) is 12.5 Å². The van der Waals surface area contributed by atoms with E-state index in [0.717, 1.165) is 12.1 Å². The first-order chi connectivity index (χ1) is 9.58. The minimum Gasteiger partial charge on any atom is -0.457 e. The van der Waals surface area contributed by atoms with Gasteiger partial charge >= 0.3 is 0 Å². The summed E-state index contributed by atoms with van der Waals surface area (Å²) in [5, 5.41) is 3.11. The van der Waals surface area contributed by atoms with Gasteiger partial charge in [0.15, 0.2) is 0 Å². The fourth-order valence-corrected chi connectivity index (χ4v) is 1.97. The van der Waals surface area contributed by atoms with Crippen LogP contribution < -0.4 is 10.1 Å². The van der Waals surface area contributed by atoms with Crippen molar-refractivity contribution in [1.82, 2.24) is 5.32 Å². The Hall–Kier alpha value is -1.46. The molecule has 1 N–H and O–H groups in total. The van der Waals surface area contributed by atoms with Gasteiger partial charge in [-0.3, -0.25) is 0 Å². The highest BCUT2D eigenvalue weighted by Gasteiger charge is 2.06. The van der Waals surface area contributed by atoms with Gasteiger partial charge in [0.2, 0.25) is 0 Å². The van der Waals surface area contributed by atoms with E-state index in [2.05, 4.69) is 21.2 Å². The van der Waals surface area contributed by atoms with Crippen molar-refractivity contribution in [1.29, 1.82) is 0 Å². The van der Waals surface area contributed by atoms with Crippen molar-refractivity contribution in [2.75, 3.05) is 6.54 Å². The number of hydrogen-bond donors (Lipinski definition) is 1. The van der Waals surface area contributed by atoms with Gasteiger partial charge in [0.25, 0.3) is 0 Å². The largest absolute Gasteiger partial charge is 0.457 e. The molecule has 20 heavy (non-hydrogen) atoms. The van der Waals surface area contributed by atoms with Gasteiger partial charge in [-0.1, -0.05) is 6.92 Å². The monoisotopic (exact) mass is 341 g/mol. The van der Waals surface area contributed by atoms with Crippen molar-refractivity contribution in [3.8, 4) is 11.5 Å². The molecule has 0 aliphatic carbocycles. The molecule has 0 spiro atoms. The van der Waals surface area contributed by atoms with E-state index in [9.17, 15) is 8.78 Å². The molecule has 0 amide bonds. The molecule has 0 aliphatic rings. The predicted octanol–water partition coefficient (Wildman–Crippen LogP) is 4.63. The fourth-order valence-electron chi connectivity index (χ4n) is 1.73. The highest BCUT2D eigenvalue weighted by Crippen LogP contribution is 2.27. The van der Waals surface area contributed by atoms with E-state index in [1.807, 2.05) is 6.92 Å². The second-order valence-electron chi connectivity index (χ2n) is 4.25. The molecule has 5 heteroatoms. The van der Waals surface area contributed by atoms with E-state index in [0.29, 0.717) is 22.5 Å². The number of nitrogens with one attached hydrogen (secondary N) is 1. The summed E-state index contributed by atoms with van der Waals surface area (Å²) < 4.78 is 32.8. The summed E-state index contributed by atoms with van der Waals surface area (Å²) in [5.74, 6) is -0.134. The molecule has 0 aromatic heterocycles. The van der Waals surface area contributed by atoms with Crippen LogP contribution in [0.15, 0.2) is 40.9 Å². The highest BCUT2D eigenvalue weighted by atomic mass is 79.9. The Labute approximate surface area is 124 Å². The summed E-state index contributed by atoms with van der Waals surface area (Å²) in [6.07, 6.45) is 0. The quantitative estimate of drug-likeness (QED) is 0.856. The number of hydrogen-bond acceptors (Lipinski definition) is 2. The van der Waals surface area contributed by atoms with E-state index >= 15 is 0 Å². The van der Waals surface area contributed by atoms with Crippen molar-refractivity contribution in [2.24, 2.45) is 0 Å². The minimum absolute atomic E-state index is 0.325. The molecule has 0 unspecified atom stereocenters. The second-order valence-corrected chi connectivity index (χ2v) is 5.11. The van der Waals surface area contributed by atoms with E-state index in [-0.39, 0.29) is 5.82 Å². The Morgan fingerprint density at radius 3 is 2.60 bits per heavy atom. The smallest absolute Gasteiger partial charge is 0.141 e. The van der Waals surface area contributed by atoms with Gasteiger partial charge in [0.05, 0.1) is 4.47 Å². The van der Waals surface area contributed by atoms with E-state index in [4.69, 9.17) is 4.74 Å². The third-order valence-corrected chi connectivity index (χ3v) is 3.28. The molecule has 0 aliphatic heterocycles. The lowest BCUT2D eigenvalue weighted by molar-refractivity contribution is 0.469. The normalized spacial score (nSPS) is 10.6. The molecular formula is C15H14BrF2NO. The van der Waals surface area contributed by atoms with Crippen LogP contribution in [0.4, 0.5) is 8.78 Å². The fraction of sp³-hybridized carbons (Fsp3) is 0.200. The van der Waals surface area contributed by atoms with Crippen LogP contribution >= 0.6 is 15.9 Å². The SMILES string of the molecule is CCNCc1cc(F)cc(Oc2ccc(Br)c(F)c2)c1. The van der Waals surface area contributed by atoms with Gasteiger partial charge in [-0.05, 0) is 52.3 Å². The van der Waals surface area contributed by atoms with Crippen molar-refractivity contribution in [2.45, 2.75) is 13.5 Å². The molecule has 0 saturated heterocycles. The number of rotatable bonds is 5. The Bertz CT molecular complexity index is 604. The van der Waals surface area contributed by atoms with Gasteiger partial charge < -0.3 is 10.1 Å². The first-order valence-electron chi connectivity index (χ1n) is 6.21. The summed E-state index contributed by atoms with van der Waals surface area (Å²) in [4.78, 5) is 0. The Balaban J connectivity index is 2.19. The Morgan fingerprint density at radius 2 is 1.90 bits per heavy atom. The third-order valence-electron chi connectivity index (χ3n) is 2.64. The van der Waals surface area contributed by atoms with Crippen LogP contribution in [0.5, 0.6) is 11.5 Å². The molecule has 0 heterocycles. The predicted molar refractivity (Wildman–Crippen MR) is 78.0 cm³/mol. The van der Waals surface area contributed by atoms with Crippen LogP contribution in [0.3, 0.4) is 0 Å². The third kappa shape index (κ3) is 4.02. The molecule has 2 nitrogen and oxygen atoms in total. The zero-order valence-electron chi connectivity index (χ0n) is 10.9. The van der Waals surface area contributed by atoms with Crippen molar-refractivity contribution in [3.63, 3.8) is 0 Å². The minimum atomic E-state index is -0.424. The number of benzene rings is 2. The van der Waals surface area contributed by atoms with E-state index < -0.39 is 5.82 Å². The van der Waals surface area contributed by atoms with Crippen LogP contribution in [0.2, 0.25) is 0 Å². The van der Waals surface area contributed by atoms with Crippen LogP contribution in [-0.4, -0.2) is 6.54 Å². The molecule has 0 radical (unpaired) electrons. The summed E-state index contributed by atoms with van der Waals surface area (Å²) in [6.45, 7) is 3.32. The maximum Gasteiger partial charge on any atom is 0.141 e. The number of ether oxygens (including phenoxy) is 1. The highest BCUT2D eigenvalue weighted by molar-refractivity contribution is 9.10. The van der Waals surface area contributed by atoms with Gasteiger partial charge in [-0.2, -0.15) is 0 Å². The Morgan fingerprint density at radius 1 is 1.10 bits per heavy atom. The standard InChI is InChI=1S/C15H14BrF2NO/c1-2-19-9-10-5-11(17)7-13(6-10)20-12-3-4-14(16)15(18)8-12/h3-8,19H,2,9H2,1H3. The van der Waals surface area contributed by atoms with Gasteiger partial charge in [0, 0.05) is 18.7 Å². The van der Waals surface area contributed by atoms with E-state index in [1.54, 1.807) is 18.2 Å². The topological polar surface area (TPSA) is 21.3 Å². The van der Waals surface area contributed by atoms with Gasteiger partial charge in [-0.25, -0.2) is 8.78 Å². The zero-order valence-corrected chi connectivity index (χ0v) is 12.5. The lowest BCUT2D eigenvalue weighted by Gasteiger charge is -2.09. The average Bonchev–Trinajstić information content (AvgIpc) is 2.40. The molecule has 0 saturated carbocycles. The molecule has 0 atom stereocenters. The molecular weight excluding hydrogens is 328 g/mol. The average molecular weight is 342 g/mol. The molecule has 106 valence electrons. The second kappa shape index (κ2) is 6.81. The summed E-state index contributed by atoms with van der Waals surface area (Å²) >= 11 is 3.07. The van der Waals surface area contributed by atoms with Crippen LogP contribution in [0, 0.1) is 11.6 Å². The Kier molecular flexibility index (Phi) is 5.09. The molecule has 2 aromatic rings. The number of halogens is 3. The maximum absolute atomic E-state index is 13.5. The summed E-state index contributed by atoms with van der Waals surface area (Å²) in [5.41, 5.74) is 0.777. The lowest BCUT2D eigenvalue weighted by Crippen LogP contribution is -2.11. The van der Waals surface area contributed by atoms with E-state index in [1.165, 1.54) is 18.2 Å². The maximum atomic E-state index is 13.5. The van der Waals surface area contributed by atoms with Gasteiger partial charge in [-0.15, -0.1) is 0 Å².